The summed E-state index contributed by atoms with van der Waals surface area (Å²) in [5.41, 5.74) is 1.09. The molecule has 1 aliphatic heterocycles. The van der Waals surface area contributed by atoms with Crippen LogP contribution in [0.25, 0.3) is 0 Å². The van der Waals surface area contributed by atoms with Crippen LogP contribution in [0.3, 0.4) is 0 Å². The minimum atomic E-state index is 0. The van der Waals surface area contributed by atoms with E-state index in [1.165, 1.54) is 4.88 Å². The second-order valence-electron chi connectivity index (χ2n) is 5.32. The number of halogens is 1. The van der Waals surface area contributed by atoms with E-state index < -0.39 is 0 Å². The molecule has 2 N–H and O–H groups in total. The Morgan fingerprint density at radius 2 is 2.04 bits per heavy atom. The zero-order chi connectivity index (χ0) is 15.8. The van der Waals surface area contributed by atoms with Crippen LogP contribution in [0.4, 0.5) is 0 Å². The quantitative estimate of drug-likeness (QED) is 0.391. The Balaban J connectivity index is 0.00000264. The van der Waals surface area contributed by atoms with Crippen LogP contribution in [0, 0.1) is 13.8 Å². The molecule has 0 aromatic carbocycles. The highest BCUT2D eigenvalue weighted by molar-refractivity contribution is 14.0. The molecule has 1 saturated heterocycles. The van der Waals surface area contributed by atoms with E-state index in [0.717, 1.165) is 62.6 Å². The van der Waals surface area contributed by atoms with Crippen LogP contribution in [0.5, 0.6) is 0 Å². The van der Waals surface area contributed by atoms with Gasteiger partial charge < -0.3 is 15.4 Å². The molecule has 0 saturated carbocycles. The van der Waals surface area contributed by atoms with Crippen molar-refractivity contribution in [2.75, 3.05) is 45.9 Å². The van der Waals surface area contributed by atoms with E-state index in [1.807, 2.05) is 13.8 Å². The van der Waals surface area contributed by atoms with Gasteiger partial charge in [0, 0.05) is 37.6 Å². The molecule has 0 aliphatic carbocycles. The Morgan fingerprint density at radius 3 is 2.65 bits per heavy atom. The van der Waals surface area contributed by atoms with E-state index >= 15 is 0 Å². The first-order chi connectivity index (χ1) is 10.7. The molecular weight excluding hydrogens is 425 g/mol. The van der Waals surface area contributed by atoms with Crippen LogP contribution >= 0.6 is 35.3 Å². The van der Waals surface area contributed by atoms with Gasteiger partial charge in [-0.1, -0.05) is 0 Å². The molecule has 1 fully saturated rings. The molecule has 8 heteroatoms. The van der Waals surface area contributed by atoms with Crippen molar-refractivity contribution in [1.82, 2.24) is 20.5 Å². The fourth-order valence-electron chi connectivity index (χ4n) is 2.37. The van der Waals surface area contributed by atoms with Gasteiger partial charge in [0.05, 0.1) is 30.5 Å². The van der Waals surface area contributed by atoms with E-state index in [1.54, 1.807) is 11.3 Å². The zero-order valence-corrected chi connectivity index (χ0v) is 17.4. The fourth-order valence-corrected chi connectivity index (χ4v) is 3.23. The Kier molecular flexibility index (Phi) is 10.00. The lowest BCUT2D eigenvalue weighted by Gasteiger charge is -2.26. The lowest BCUT2D eigenvalue weighted by Crippen LogP contribution is -2.44. The average Bonchev–Trinajstić information content (AvgIpc) is 2.84. The van der Waals surface area contributed by atoms with Crippen molar-refractivity contribution < 1.29 is 4.74 Å². The summed E-state index contributed by atoms with van der Waals surface area (Å²) in [6, 6.07) is 0. The number of morpholine rings is 1. The van der Waals surface area contributed by atoms with Gasteiger partial charge in [-0.3, -0.25) is 4.90 Å². The van der Waals surface area contributed by atoms with Crippen molar-refractivity contribution in [1.29, 1.82) is 0 Å². The van der Waals surface area contributed by atoms with Crippen LogP contribution in [0.15, 0.2) is 4.99 Å². The number of aryl methyl sites for hydroxylation is 2. The Morgan fingerprint density at radius 1 is 1.30 bits per heavy atom. The van der Waals surface area contributed by atoms with Gasteiger partial charge in [-0.2, -0.15) is 0 Å². The van der Waals surface area contributed by atoms with Gasteiger partial charge in [0.2, 0.25) is 0 Å². The lowest BCUT2D eigenvalue weighted by molar-refractivity contribution is 0.0389. The summed E-state index contributed by atoms with van der Waals surface area (Å²) in [5, 5.41) is 7.81. The SMILES string of the molecule is CCNC(=NCc1sc(C)nc1C)NCCN1CCOCC1.I. The summed E-state index contributed by atoms with van der Waals surface area (Å²) in [5.74, 6) is 0.876. The summed E-state index contributed by atoms with van der Waals surface area (Å²) >= 11 is 1.73. The van der Waals surface area contributed by atoms with Crippen LogP contribution in [-0.2, 0) is 11.3 Å². The van der Waals surface area contributed by atoms with Crippen LogP contribution in [0.2, 0.25) is 0 Å². The summed E-state index contributed by atoms with van der Waals surface area (Å²) in [4.78, 5) is 12.8. The zero-order valence-electron chi connectivity index (χ0n) is 14.2. The first-order valence-electron chi connectivity index (χ1n) is 7.94. The topological polar surface area (TPSA) is 61.8 Å². The smallest absolute Gasteiger partial charge is 0.191 e. The first kappa shape index (κ1) is 20.6. The van der Waals surface area contributed by atoms with Gasteiger partial charge in [0.15, 0.2) is 5.96 Å². The van der Waals surface area contributed by atoms with Crippen LogP contribution in [-0.4, -0.2) is 61.8 Å². The Labute approximate surface area is 160 Å². The number of guanidine groups is 1. The summed E-state index contributed by atoms with van der Waals surface area (Å²) in [6.07, 6.45) is 0. The largest absolute Gasteiger partial charge is 0.379 e. The van der Waals surface area contributed by atoms with Gasteiger partial charge in [0.25, 0.3) is 0 Å². The second-order valence-corrected chi connectivity index (χ2v) is 6.61. The normalized spacial score (nSPS) is 16.0. The molecule has 0 unspecified atom stereocenters. The number of ether oxygens (including phenoxy) is 1. The standard InChI is InChI=1S/C15H27N5OS.HI/c1-4-16-15(17-5-6-20-7-9-21-10-8-20)18-11-14-12(2)19-13(3)22-14;/h4-11H2,1-3H3,(H2,16,17,18);1H. The number of thiazole rings is 1. The maximum absolute atomic E-state index is 5.36. The molecule has 23 heavy (non-hydrogen) atoms. The van der Waals surface area contributed by atoms with E-state index in [2.05, 4.69) is 32.4 Å². The minimum absolute atomic E-state index is 0. The molecule has 2 heterocycles. The molecule has 6 nitrogen and oxygen atoms in total. The van der Waals surface area contributed by atoms with E-state index in [0.29, 0.717) is 6.54 Å². The fraction of sp³-hybridized carbons (Fsp3) is 0.733. The molecule has 0 atom stereocenters. The predicted molar refractivity (Wildman–Crippen MR) is 107 cm³/mol. The number of rotatable bonds is 6. The first-order valence-corrected chi connectivity index (χ1v) is 8.76. The van der Waals surface area contributed by atoms with Gasteiger partial charge >= 0.3 is 0 Å². The van der Waals surface area contributed by atoms with Crippen molar-refractivity contribution in [3.8, 4) is 0 Å². The van der Waals surface area contributed by atoms with Crippen molar-refractivity contribution in [2.24, 2.45) is 4.99 Å². The Hall–Kier alpha value is -0.450. The molecule has 132 valence electrons. The lowest BCUT2D eigenvalue weighted by atomic mass is 10.4. The molecule has 0 spiro atoms. The van der Waals surface area contributed by atoms with Crippen LogP contribution in [0.1, 0.15) is 22.5 Å². The van der Waals surface area contributed by atoms with Crippen molar-refractivity contribution in [2.45, 2.75) is 27.3 Å². The maximum atomic E-state index is 5.36. The van der Waals surface area contributed by atoms with E-state index in [-0.39, 0.29) is 24.0 Å². The number of nitrogens with one attached hydrogen (secondary N) is 2. The molecule has 0 radical (unpaired) electrons. The monoisotopic (exact) mass is 453 g/mol. The number of hydrogen-bond acceptors (Lipinski definition) is 5. The number of hydrogen-bond donors (Lipinski definition) is 2. The summed E-state index contributed by atoms with van der Waals surface area (Å²) in [6.45, 7) is 13.4. The third-order valence-electron chi connectivity index (χ3n) is 3.55. The number of nitrogens with zero attached hydrogens (tertiary/aromatic N) is 3. The molecule has 0 amide bonds. The third-order valence-corrected chi connectivity index (χ3v) is 4.61. The van der Waals surface area contributed by atoms with Crippen molar-refractivity contribution in [3.05, 3.63) is 15.6 Å². The molecular formula is C15H28IN5OS. The summed E-state index contributed by atoms with van der Waals surface area (Å²) < 4.78 is 5.36. The number of aromatic nitrogens is 1. The second kappa shape index (κ2) is 11.2. The molecule has 2 rings (SSSR count). The highest BCUT2D eigenvalue weighted by Crippen LogP contribution is 2.17. The van der Waals surface area contributed by atoms with Crippen LogP contribution < -0.4 is 10.6 Å². The number of aliphatic imine (C=N–C) groups is 1. The molecule has 1 aromatic rings. The Bertz CT molecular complexity index is 488. The van der Waals surface area contributed by atoms with Gasteiger partial charge in [-0.15, -0.1) is 35.3 Å². The van der Waals surface area contributed by atoms with E-state index in [4.69, 9.17) is 4.74 Å². The maximum Gasteiger partial charge on any atom is 0.191 e. The van der Waals surface area contributed by atoms with Gasteiger partial charge in [-0.05, 0) is 20.8 Å². The van der Waals surface area contributed by atoms with Gasteiger partial charge in [-0.25, -0.2) is 9.98 Å². The molecule has 1 aromatic heterocycles. The highest BCUT2D eigenvalue weighted by atomic mass is 127. The van der Waals surface area contributed by atoms with Crippen molar-refractivity contribution >= 4 is 41.3 Å². The average molecular weight is 453 g/mol. The van der Waals surface area contributed by atoms with E-state index in [9.17, 15) is 0 Å². The summed E-state index contributed by atoms with van der Waals surface area (Å²) in [7, 11) is 0. The third kappa shape index (κ3) is 7.32. The minimum Gasteiger partial charge on any atom is -0.379 e. The molecule has 0 bridgehead atoms. The predicted octanol–water partition coefficient (Wildman–Crippen LogP) is 1.77. The van der Waals surface area contributed by atoms with Gasteiger partial charge in [0.1, 0.15) is 0 Å². The highest BCUT2D eigenvalue weighted by Gasteiger charge is 2.10. The van der Waals surface area contributed by atoms with Crippen molar-refractivity contribution in [3.63, 3.8) is 0 Å². The molecule has 1 aliphatic rings.